The smallest absolute Gasteiger partial charge is 0.231 e. The predicted octanol–water partition coefficient (Wildman–Crippen LogP) is 2.40. The van der Waals surface area contributed by atoms with E-state index in [0.29, 0.717) is 6.79 Å². The first-order chi connectivity index (χ1) is 8.33. The van der Waals surface area contributed by atoms with Gasteiger partial charge >= 0.3 is 0 Å². The summed E-state index contributed by atoms with van der Waals surface area (Å²) >= 11 is 0. The molecule has 1 aromatic rings. The number of likely N-dealkylation sites (tertiary alicyclic amines) is 1. The maximum absolute atomic E-state index is 5.40. The SMILES string of the molecule is c1cc2c(cc1CN1CC3(CCC3)C1)OCO2. The molecule has 90 valence electrons. The number of ether oxygens (including phenoxy) is 2. The van der Waals surface area contributed by atoms with Gasteiger partial charge in [0.2, 0.25) is 6.79 Å². The van der Waals surface area contributed by atoms with Crippen molar-refractivity contribution >= 4 is 0 Å². The van der Waals surface area contributed by atoms with Gasteiger partial charge in [-0.3, -0.25) is 4.90 Å². The van der Waals surface area contributed by atoms with Gasteiger partial charge < -0.3 is 9.47 Å². The molecule has 0 aromatic heterocycles. The summed E-state index contributed by atoms with van der Waals surface area (Å²) in [6, 6.07) is 6.30. The topological polar surface area (TPSA) is 21.7 Å². The first kappa shape index (κ1) is 9.77. The van der Waals surface area contributed by atoms with E-state index in [-0.39, 0.29) is 0 Å². The van der Waals surface area contributed by atoms with E-state index in [1.807, 2.05) is 6.07 Å². The molecule has 1 saturated heterocycles. The molecular formula is C14H17NO2. The van der Waals surface area contributed by atoms with Gasteiger partial charge in [0.1, 0.15) is 0 Å². The lowest BCUT2D eigenvalue weighted by Crippen LogP contribution is -2.58. The molecule has 2 heterocycles. The molecule has 3 aliphatic rings. The second kappa shape index (κ2) is 3.39. The van der Waals surface area contributed by atoms with Crippen LogP contribution >= 0.6 is 0 Å². The van der Waals surface area contributed by atoms with Crippen LogP contribution in [0, 0.1) is 5.41 Å². The normalized spacial score (nSPS) is 24.5. The van der Waals surface area contributed by atoms with Crippen LogP contribution in [0.5, 0.6) is 11.5 Å². The molecule has 1 aromatic carbocycles. The molecule has 1 saturated carbocycles. The van der Waals surface area contributed by atoms with E-state index in [1.165, 1.54) is 37.9 Å². The van der Waals surface area contributed by atoms with Gasteiger partial charge in [-0.2, -0.15) is 0 Å². The molecule has 0 N–H and O–H groups in total. The second-order valence-electron chi connectivity index (χ2n) is 5.69. The lowest BCUT2D eigenvalue weighted by molar-refractivity contribution is -0.0645. The Morgan fingerprint density at radius 2 is 1.94 bits per heavy atom. The standard InChI is InChI=1S/C14H17NO2/c1-4-14(5-1)8-15(9-14)7-11-2-3-12-13(6-11)17-10-16-12/h2-3,6H,1,4-5,7-10H2. The number of nitrogens with zero attached hydrogens (tertiary/aromatic N) is 1. The Kier molecular flexibility index (Phi) is 1.95. The van der Waals surface area contributed by atoms with Crippen molar-refractivity contribution < 1.29 is 9.47 Å². The fourth-order valence-corrected chi connectivity index (χ4v) is 3.30. The zero-order valence-corrected chi connectivity index (χ0v) is 9.95. The van der Waals surface area contributed by atoms with Crippen molar-refractivity contribution in [3.8, 4) is 11.5 Å². The Bertz CT molecular complexity index is 446. The molecule has 2 fully saturated rings. The number of benzene rings is 1. The van der Waals surface area contributed by atoms with E-state index in [9.17, 15) is 0 Å². The Hall–Kier alpha value is -1.22. The van der Waals surface area contributed by atoms with E-state index in [2.05, 4.69) is 17.0 Å². The maximum Gasteiger partial charge on any atom is 0.231 e. The van der Waals surface area contributed by atoms with Crippen molar-refractivity contribution in [1.29, 1.82) is 0 Å². The van der Waals surface area contributed by atoms with E-state index < -0.39 is 0 Å². The van der Waals surface area contributed by atoms with Crippen LogP contribution in [-0.2, 0) is 6.54 Å². The highest BCUT2D eigenvalue weighted by Gasteiger charge is 2.46. The van der Waals surface area contributed by atoms with E-state index in [0.717, 1.165) is 23.5 Å². The minimum Gasteiger partial charge on any atom is -0.454 e. The monoisotopic (exact) mass is 231 g/mol. The average molecular weight is 231 g/mol. The molecule has 17 heavy (non-hydrogen) atoms. The Morgan fingerprint density at radius 3 is 2.71 bits per heavy atom. The summed E-state index contributed by atoms with van der Waals surface area (Å²) in [6.45, 7) is 4.01. The van der Waals surface area contributed by atoms with Crippen molar-refractivity contribution in [2.75, 3.05) is 19.9 Å². The Balaban J connectivity index is 1.43. The first-order valence-electron chi connectivity index (χ1n) is 6.44. The molecular weight excluding hydrogens is 214 g/mol. The lowest BCUT2D eigenvalue weighted by atomic mass is 9.63. The molecule has 0 bridgehead atoms. The van der Waals surface area contributed by atoms with E-state index in [1.54, 1.807) is 0 Å². The molecule has 2 aliphatic heterocycles. The molecule has 0 amide bonds. The average Bonchev–Trinajstić information content (AvgIpc) is 2.67. The van der Waals surface area contributed by atoms with Crippen LogP contribution in [0.4, 0.5) is 0 Å². The summed E-state index contributed by atoms with van der Waals surface area (Å²) in [4.78, 5) is 2.54. The minimum atomic E-state index is 0.367. The largest absolute Gasteiger partial charge is 0.454 e. The summed E-state index contributed by atoms with van der Waals surface area (Å²) in [5, 5.41) is 0. The molecule has 0 atom stereocenters. The fraction of sp³-hybridized carbons (Fsp3) is 0.571. The Morgan fingerprint density at radius 1 is 1.12 bits per heavy atom. The summed E-state index contributed by atoms with van der Waals surface area (Å²) in [6.07, 6.45) is 4.34. The van der Waals surface area contributed by atoms with Gasteiger partial charge in [0, 0.05) is 19.6 Å². The lowest BCUT2D eigenvalue weighted by Gasteiger charge is -2.56. The third kappa shape index (κ3) is 1.53. The zero-order chi connectivity index (χ0) is 11.3. The van der Waals surface area contributed by atoms with Crippen molar-refractivity contribution in [3.63, 3.8) is 0 Å². The third-order valence-electron chi connectivity index (χ3n) is 4.38. The fourth-order valence-electron chi connectivity index (χ4n) is 3.30. The van der Waals surface area contributed by atoms with E-state index >= 15 is 0 Å². The van der Waals surface area contributed by atoms with Crippen molar-refractivity contribution in [2.45, 2.75) is 25.8 Å². The molecule has 1 spiro atoms. The summed E-state index contributed by atoms with van der Waals surface area (Å²) in [7, 11) is 0. The van der Waals surface area contributed by atoms with Crippen LogP contribution in [0.1, 0.15) is 24.8 Å². The quantitative estimate of drug-likeness (QED) is 0.780. The van der Waals surface area contributed by atoms with Gasteiger partial charge in [0.25, 0.3) is 0 Å². The van der Waals surface area contributed by atoms with Crippen LogP contribution in [0.25, 0.3) is 0 Å². The number of fused-ring (bicyclic) bond motifs is 1. The molecule has 3 heteroatoms. The van der Waals surface area contributed by atoms with Crippen molar-refractivity contribution in [3.05, 3.63) is 23.8 Å². The maximum atomic E-state index is 5.40. The molecule has 1 aliphatic carbocycles. The second-order valence-corrected chi connectivity index (χ2v) is 5.69. The van der Waals surface area contributed by atoms with Crippen LogP contribution in [-0.4, -0.2) is 24.8 Å². The van der Waals surface area contributed by atoms with Gasteiger partial charge in [-0.1, -0.05) is 12.5 Å². The Labute approximate surface area is 101 Å². The number of rotatable bonds is 2. The highest BCUT2D eigenvalue weighted by Crippen LogP contribution is 2.48. The van der Waals surface area contributed by atoms with E-state index in [4.69, 9.17) is 9.47 Å². The van der Waals surface area contributed by atoms with Crippen LogP contribution < -0.4 is 9.47 Å². The molecule has 0 radical (unpaired) electrons. The van der Waals surface area contributed by atoms with Gasteiger partial charge in [-0.05, 0) is 36.0 Å². The minimum absolute atomic E-state index is 0.367. The molecule has 4 rings (SSSR count). The summed E-state index contributed by atoms with van der Waals surface area (Å²) < 4.78 is 10.7. The summed E-state index contributed by atoms with van der Waals surface area (Å²) in [5.74, 6) is 1.79. The van der Waals surface area contributed by atoms with Gasteiger partial charge in [-0.25, -0.2) is 0 Å². The number of hydrogen-bond acceptors (Lipinski definition) is 3. The summed E-state index contributed by atoms with van der Waals surface area (Å²) in [5.41, 5.74) is 2.06. The van der Waals surface area contributed by atoms with Crippen molar-refractivity contribution in [2.24, 2.45) is 5.41 Å². The highest BCUT2D eigenvalue weighted by molar-refractivity contribution is 5.44. The van der Waals surface area contributed by atoms with Gasteiger partial charge in [0.15, 0.2) is 11.5 Å². The highest BCUT2D eigenvalue weighted by atomic mass is 16.7. The van der Waals surface area contributed by atoms with Crippen LogP contribution in [0.3, 0.4) is 0 Å². The molecule has 0 unspecified atom stereocenters. The predicted molar refractivity (Wildman–Crippen MR) is 64.1 cm³/mol. The van der Waals surface area contributed by atoms with Gasteiger partial charge in [0.05, 0.1) is 0 Å². The third-order valence-corrected chi connectivity index (χ3v) is 4.38. The zero-order valence-electron chi connectivity index (χ0n) is 9.95. The molecule has 3 nitrogen and oxygen atoms in total. The van der Waals surface area contributed by atoms with Crippen LogP contribution in [0.15, 0.2) is 18.2 Å². The van der Waals surface area contributed by atoms with Gasteiger partial charge in [-0.15, -0.1) is 0 Å². The van der Waals surface area contributed by atoms with Crippen molar-refractivity contribution in [1.82, 2.24) is 4.90 Å². The number of hydrogen-bond donors (Lipinski definition) is 0. The first-order valence-corrected chi connectivity index (χ1v) is 6.44. The van der Waals surface area contributed by atoms with Crippen LogP contribution in [0.2, 0.25) is 0 Å².